The van der Waals surface area contributed by atoms with Gasteiger partial charge in [-0.1, -0.05) is 42.5 Å². The average Bonchev–Trinajstić information content (AvgIpc) is 2.84. The molecule has 112 valence electrons. The minimum Gasteiger partial charge on any atom is -0.393 e. The summed E-state index contributed by atoms with van der Waals surface area (Å²) in [5, 5.41) is 0.680. The SMILES string of the molecule is Cc1sc2ncn(CCC(N)=S)c(=O)c2c1-c1ccccc1. The van der Waals surface area contributed by atoms with Crippen LogP contribution >= 0.6 is 23.6 Å². The van der Waals surface area contributed by atoms with E-state index in [0.717, 1.165) is 20.8 Å². The van der Waals surface area contributed by atoms with E-state index >= 15 is 0 Å². The van der Waals surface area contributed by atoms with Crippen molar-refractivity contribution in [2.75, 3.05) is 0 Å². The number of thiophene rings is 1. The molecule has 0 radical (unpaired) electrons. The van der Waals surface area contributed by atoms with Crippen molar-refractivity contribution in [3.05, 3.63) is 51.9 Å². The van der Waals surface area contributed by atoms with Crippen LogP contribution in [0.3, 0.4) is 0 Å². The molecule has 6 heteroatoms. The summed E-state index contributed by atoms with van der Waals surface area (Å²) in [6.07, 6.45) is 2.07. The fourth-order valence-corrected chi connectivity index (χ4v) is 3.57. The highest BCUT2D eigenvalue weighted by Crippen LogP contribution is 2.35. The first kappa shape index (κ1) is 14.9. The summed E-state index contributed by atoms with van der Waals surface area (Å²) in [4.78, 5) is 19.5. The van der Waals surface area contributed by atoms with Crippen LogP contribution in [0.1, 0.15) is 11.3 Å². The van der Waals surface area contributed by atoms with Crippen LogP contribution in [-0.4, -0.2) is 14.5 Å². The molecular weight excluding hydrogens is 314 g/mol. The lowest BCUT2D eigenvalue weighted by Gasteiger charge is -2.06. The summed E-state index contributed by atoms with van der Waals surface area (Å²) in [7, 11) is 0. The lowest BCUT2D eigenvalue weighted by Crippen LogP contribution is -2.23. The molecule has 0 fully saturated rings. The van der Waals surface area contributed by atoms with E-state index in [2.05, 4.69) is 4.98 Å². The third kappa shape index (κ3) is 2.67. The van der Waals surface area contributed by atoms with Gasteiger partial charge in [-0.25, -0.2) is 4.98 Å². The molecule has 2 N–H and O–H groups in total. The van der Waals surface area contributed by atoms with Crippen molar-refractivity contribution in [3.8, 4) is 11.1 Å². The van der Waals surface area contributed by atoms with Gasteiger partial charge in [-0.2, -0.15) is 0 Å². The number of aryl methyl sites for hydroxylation is 2. The molecule has 1 aromatic carbocycles. The molecule has 3 aromatic rings. The standard InChI is InChI=1S/C16H15N3OS2/c1-10-13(11-5-3-2-4-6-11)14-15(22-10)18-9-19(16(14)20)8-7-12(17)21/h2-6,9H,7-8H2,1H3,(H2,17,21). The second-order valence-electron chi connectivity index (χ2n) is 5.04. The lowest BCUT2D eigenvalue weighted by atomic mass is 10.0. The topological polar surface area (TPSA) is 60.9 Å². The highest BCUT2D eigenvalue weighted by Gasteiger charge is 2.16. The first-order valence-electron chi connectivity index (χ1n) is 6.90. The molecule has 0 atom stereocenters. The zero-order valence-electron chi connectivity index (χ0n) is 12.1. The number of nitrogens with two attached hydrogens (primary N) is 1. The number of benzene rings is 1. The molecule has 4 nitrogen and oxygen atoms in total. The predicted molar refractivity (Wildman–Crippen MR) is 95.5 cm³/mol. The Labute approximate surface area is 137 Å². The Morgan fingerprint density at radius 1 is 1.36 bits per heavy atom. The fraction of sp³-hybridized carbons (Fsp3) is 0.188. The van der Waals surface area contributed by atoms with E-state index in [9.17, 15) is 4.79 Å². The van der Waals surface area contributed by atoms with E-state index < -0.39 is 0 Å². The highest BCUT2D eigenvalue weighted by atomic mass is 32.1. The van der Waals surface area contributed by atoms with Crippen LogP contribution in [0.25, 0.3) is 21.3 Å². The maximum Gasteiger partial charge on any atom is 0.262 e. The first-order chi connectivity index (χ1) is 10.6. The van der Waals surface area contributed by atoms with Crippen LogP contribution in [0.15, 0.2) is 41.5 Å². The number of nitrogens with zero attached hydrogens (tertiary/aromatic N) is 2. The minimum absolute atomic E-state index is 0.0375. The average molecular weight is 329 g/mol. The van der Waals surface area contributed by atoms with Gasteiger partial charge in [0.2, 0.25) is 0 Å². The molecule has 0 unspecified atom stereocenters. The molecule has 0 spiro atoms. The van der Waals surface area contributed by atoms with Crippen molar-refractivity contribution < 1.29 is 0 Å². The number of hydrogen-bond donors (Lipinski definition) is 1. The van der Waals surface area contributed by atoms with Gasteiger partial charge in [0.1, 0.15) is 4.83 Å². The highest BCUT2D eigenvalue weighted by molar-refractivity contribution is 7.80. The number of rotatable bonds is 4. The van der Waals surface area contributed by atoms with E-state index in [1.54, 1.807) is 22.2 Å². The quantitative estimate of drug-likeness (QED) is 0.747. The van der Waals surface area contributed by atoms with Gasteiger partial charge < -0.3 is 5.73 Å². The Kier molecular flexibility index (Phi) is 4.04. The van der Waals surface area contributed by atoms with Gasteiger partial charge in [-0.3, -0.25) is 9.36 Å². The Balaban J connectivity index is 2.21. The molecule has 2 heterocycles. The number of hydrogen-bond acceptors (Lipinski definition) is 4. The zero-order chi connectivity index (χ0) is 15.7. The van der Waals surface area contributed by atoms with Crippen LogP contribution in [-0.2, 0) is 6.54 Å². The van der Waals surface area contributed by atoms with Gasteiger partial charge in [-0.05, 0) is 12.5 Å². The lowest BCUT2D eigenvalue weighted by molar-refractivity contribution is 0.688. The third-order valence-corrected chi connectivity index (χ3v) is 4.73. The van der Waals surface area contributed by atoms with Crippen molar-refractivity contribution in [1.29, 1.82) is 0 Å². The molecule has 2 aromatic heterocycles. The molecular formula is C16H15N3OS2. The molecule has 0 amide bonds. The van der Waals surface area contributed by atoms with Crippen LogP contribution in [0.5, 0.6) is 0 Å². The third-order valence-electron chi connectivity index (χ3n) is 3.52. The smallest absolute Gasteiger partial charge is 0.262 e. The van der Waals surface area contributed by atoms with E-state index in [0.29, 0.717) is 23.3 Å². The van der Waals surface area contributed by atoms with E-state index in [1.807, 2.05) is 37.3 Å². The van der Waals surface area contributed by atoms with Gasteiger partial charge in [-0.15, -0.1) is 11.3 Å². The summed E-state index contributed by atoms with van der Waals surface area (Å²) >= 11 is 6.43. The monoisotopic (exact) mass is 329 g/mol. The van der Waals surface area contributed by atoms with E-state index in [4.69, 9.17) is 18.0 Å². The molecule has 3 rings (SSSR count). The number of aromatic nitrogens is 2. The van der Waals surface area contributed by atoms with E-state index in [-0.39, 0.29) is 5.56 Å². The summed E-state index contributed by atoms with van der Waals surface area (Å²) in [6, 6.07) is 9.94. The van der Waals surface area contributed by atoms with Crippen molar-refractivity contribution in [2.24, 2.45) is 5.73 Å². The maximum atomic E-state index is 12.8. The Morgan fingerprint density at radius 2 is 2.09 bits per heavy atom. The summed E-state index contributed by atoms with van der Waals surface area (Å²) < 4.78 is 1.58. The summed E-state index contributed by atoms with van der Waals surface area (Å²) in [6.45, 7) is 2.48. The van der Waals surface area contributed by atoms with Gasteiger partial charge in [0.25, 0.3) is 5.56 Å². The second kappa shape index (κ2) is 5.98. The van der Waals surface area contributed by atoms with Crippen molar-refractivity contribution in [3.63, 3.8) is 0 Å². The van der Waals surface area contributed by atoms with Crippen LogP contribution in [0, 0.1) is 6.92 Å². The minimum atomic E-state index is -0.0375. The normalized spacial score (nSPS) is 11.0. The van der Waals surface area contributed by atoms with Gasteiger partial charge in [0.05, 0.1) is 16.7 Å². The van der Waals surface area contributed by atoms with Crippen LogP contribution in [0.2, 0.25) is 0 Å². The van der Waals surface area contributed by atoms with Crippen molar-refractivity contribution in [1.82, 2.24) is 9.55 Å². The van der Waals surface area contributed by atoms with Crippen molar-refractivity contribution in [2.45, 2.75) is 19.9 Å². The predicted octanol–water partition coefficient (Wildman–Crippen LogP) is 3.11. The Hall–Kier alpha value is -2.05. The largest absolute Gasteiger partial charge is 0.393 e. The zero-order valence-corrected chi connectivity index (χ0v) is 13.7. The van der Waals surface area contributed by atoms with E-state index in [1.165, 1.54) is 0 Å². The summed E-state index contributed by atoms with van der Waals surface area (Å²) in [5.74, 6) is 0. The Bertz CT molecular complexity index is 897. The van der Waals surface area contributed by atoms with Crippen LogP contribution < -0.4 is 11.3 Å². The van der Waals surface area contributed by atoms with Gasteiger partial charge >= 0.3 is 0 Å². The maximum absolute atomic E-state index is 12.8. The van der Waals surface area contributed by atoms with Crippen molar-refractivity contribution >= 4 is 38.8 Å². The molecule has 0 aliphatic rings. The second-order valence-corrected chi connectivity index (χ2v) is 6.77. The Morgan fingerprint density at radius 3 is 2.77 bits per heavy atom. The molecule has 22 heavy (non-hydrogen) atoms. The number of fused-ring (bicyclic) bond motifs is 1. The molecule has 0 saturated heterocycles. The molecule has 0 aliphatic carbocycles. The van der Waals surface area contributed by atoms with Gasteiger partial charge in [0, 0.05) is 23.4 Å². The molecule has 0 aliphatic heterocycles. The number of thiocarbonyl (C=S) groups is 1. The fourth-order valence-electron chi connectivity index (χ4n) is 2.48. The van der Waals surface area contributed by atoms with Gasteiger partial charge in [0.15, 0.2) is 0 Å². The van der Waals surface area contributed by atoms with Crippen LogP contribution in [0.4, 0.5) is 0 Å². The molecule has 0 bridgehead atoms. The first-order valence-corrected chi connectivity index (χ1v) is 8.12. The molecule has 0 saturated carbocycles. The summed E-state index contributed by atoms with van der Waals surface area (Å²) in [5.41, 5.74) is 7.50.